The first-order chi connectivity index (χ1) is 32.3. The standard InChI is InChI=1S/C48H50Cl2N4O13S/c1-48(2,3)67-47(63)52(5)17-16-51(4)46(62)65-33-19-31-37(29-13-9-7-11-27(29)33)25(21-50)23-54(31)43(59)35-15-14-34(68-35)42(58)53-22-24(20-49)36-28-12-8-6-10-26(28)32(18-30(36)53)64-45-40(57)38(55)39(56)41(66-45)44(60)61/h6-15,18-19,24-25,38-41,45,55-57H,16-17,20-23H2,1-5H3,(H,60,61)/t24-,25?,38+,39+,40-,41+,45-/m1/s1. The van der Waals surface area contributed by atoms with Crippen LogP contribution in [-0.4, -0.2) is 149 Å². The average molecular weight is 994 g/mol. The van der Waals surface area contributed by atoms with E-state index < -0.39 is 66.3 Å². The van der Waals surface area contributed by atoms with Crippen LogP contribution in [0.4, 0.5) is 21.0 Å². The van der Waals surface area contributed by atoms with Crippen LogP contribution in [0.25, 0.3) is 21.5 Å². The van der Waals surface area contributed by atoms with E-state index in [9.17, 15) is 44.4 Å². The summed E-state index contributed by atoms with van der Waals surface area (Å²) in [6.45, 7) is 6.00. The van der Waals surface area contributed by atoms with Crippen LogP contribution >= 0.6 is 34.5 Å². The highest BCUT2D eigenvalue weighted by molar-refractivity contribution is 7.16. The molecule has 3 aliphatic rings. The molecule has 0 aliphatic carbocycles. The molecule has 68 heavy (non-hydrogen) atoms. The minimum absolute atomic E-state index is 0.0998. The first kappa shape index (κ1) is 48.7. The monoisotopic (exact) mass is 992 g/mol. The molecule has 1 saturated heterocycles. The number of aliphatic hydroxyl groups excluding tert-OH is 3. The zero-order chi connectivity index (χ0) is 48.9. The van der Waals surface area contributed by atoms with Crippen molar-refractivity contribution in [1.29, 1.82) is 0 Å². The molecule has 4 amide bonds. The third kappa shape index (κ3) is 9.25. The lowest BCUT2D eigenvalue weighted by Crippen LogP contribution is -2.61. The minimum Gasteiger partial charge on any atom is -0.479 e. The quantitative estimate of drug-likeness (QED) is 0.103. The van der Waals surface area contributed by atoms with Crippen LogP contribution in [-0.2, 0) is 14.3 Å². The summed E-state index contributed by atoms with van der Waals surface area (Å²) < 4.78 is 22.9. The molecular formula is C48H50Cl2N4O13S. The number of ether oxygens (including phenoxy) is 4. The molecule has 3 aliphatic heterocycles. The van der Waals surface area contributed by atoms with Crippen molar-refractivity contribution in [2.45, 2.75) is 68.9 Å². The van der Waals surface area contributed by atoms with Crippen LogP contribution in [0.5, 0.6) is 11.5 Å². The predicted molar refractivity (Wildman–Crippen MR) is 255 cm³/mol. The number of carboxylic acid groups (broad SMARTS) is 1. The maximum Gasteiger partial charge on any atom is 0.415 e. The first-order valence-corrected chi connectivity index (χ1v) is 23.6. The van der Waals surface area contributed by atoms with E-state index in [1.165, 1.54) is 14.7 Å². The molecule has 4 N–H and O–H groups in total. The zero-order valence-corrected chi connectivity index (χ0v) is 40.0. The van der Waals surface area contributed by atoms with Gasteiger partial charge in [-0.15, -0.1) is 34.5 Å². The summed E-state index contributed by atoms with van der Waals surface area (Å²) in [5, 5.41) is 43.8. The van der Waals surface area contributed by atoms with E-state index in [0.29, 0.717) is 27.5 Å². The van der Waals surface area contributed by atoms with Gasteiger partial charge < -0.3 is 59.0 Å². The smallest absolute Gasteiger partial charge is 0.415 e. The molecule has 0 radical (unpaired) electrons. The number of aliphatic carboxylic acids is 1. The fourth-order valence-electron chi connectivity index (χ4n) is 8.75. The number of fused-ring (bicyclic) bond motifs is 6. The summed E-state index contributed by atoms with van der Waals surface area (Å²) in [5.41, 5.74) is 1.79. The minimum atomic E-state index is -1.92. The Kier molecular flexibility index (Phi) is 13.9. The van der Waals surface area contributed by atoms with Crippen molar-refractivity contribution in [1.82, 2.24) is 9.80 Å². The zero-order valence-electron chi connectivity index (χ0n) is 37.6. The molecule has 0 saturated carbocycles. The summed E-state index contributed by atoms with van der Waals surface area (Å²) in [6.07, 6.45) is -10.5. The number of amides is 4. The Balaban J connectivity index is 1.06. The number of benzene rings is 4. The van der Waals surface area contributed by atoms with Crippen LogP contribution in [0.1, 0.15) is 63.1 Å². The number of aliphatic hydroxyl groups is 3. The topological polar surface area (TPSA) is 216 Å². The SMILES string of the molecule is CN(CCN(C)C(=O)OC(C)(C)C)C(=O)Oc1cc2c(c3ccccc13)C(CCl)CN2C(=O)c1ccc(C(=O)N2C[C@@H](CCl)c3c2cc(O[C@@H]2O[C@H](C(=O)O)[C@@H](O)[C@H](O)[C@H]2O)c2ccccc32)s1. The molecule has 1 fully saturated rings. The maximum atomic E-state index is 14.6. The number of rotatable bonds is 11. The molecule has 360 valence electrons. The highest BCUT2D eigenvalue weighted by atomic mass is 35.5. The van der Waals surface area contributed by atoms with Crippen molar-refractivity contribution in [3.63, 3.8) is 0 Å². The van der Waals surface area contributed by atoms with E-state index in [2.05, 4.69) is 0 Å². The number of thiophene rings is 1. The Morgan fingerprint density at radius 2 is 1.18 bits per heavy atom. The van der Waals surface area contributed by atoms with Crippen molar-refractivity contribution in [3.8, 4) is 11.5 Å². The number of halogens is 2. The van der Waals surface area contributed by atoms with E-state index in [-0.39, 0.29) is 71.0 Å². The summed E-state index contributed by atoms with van der Waals surface area (Å²) >= 11 is 14.1. The Morgan fingerprint density at radius 3 is 1.66 bits per heavy atom. The molecule has 7 atom stereocenters. The molecule has 17 nitrogen and oxygen atoms in total. The molecule has 4 heterocycles. The van der Waals surface area contributed by atoms with Gasteiger partial charge in [-0.25, -0.2) is 14.4 Å². The molecular weight excluding hydrogens is 944 g/mol. The van der Waals surface area contributed by atoms with Crippen LogP contribution in [0.15, 0.2) is 72.8 Å². The third-order valence-electron chi connectivity index (χ3n) is 12.2. The number of alkyl halides is 2. The van der Waals surface area contributed by atoms with E-state index in [4.69, 9.17) is 42.1 Å². The van der Waals surface area contributed by atoms with Crippen LogP contribution in [0, 0.1) is 0 Å². The first-order valence-electron chi connectivity index (χ1n) is 21.7. The number of nitrogens with zero attached hydrogens (tertiary/aromatic N) is 4. The lowest BCUT2D eigenvalue weighted by Gasteiger charge is -2.38. The summed E-state index contributed by atoms with van der Waals surface area (Å²) in [5.74, 6) is -2.37. The molecule has 8 rings (SSSR count). The largest absolute Gasteiger partial charge is 0.479 e. The third-order valence-corrected chi connectivity index (χ3v) is 14.0. The van der Waals surface area contributed by atoms with E-state index in [1.807, 2.05) is 30.3 Å². The fraction of sp³-hybridized carbons (Fsp3) is 0.396. The van der Waals surface area contributed by atoms with Crippen molar-refractivity contribution < 1.29 is 63.3 Å². The van der Waals surface area contributed by atoms with Gasteiger partial charge in [0, 0.05) is 86.8 Å². The number of hydrogen-bond acceptors (Lipinski definition) is 13. The van der Waals surface area contributed by atoms with Gasteiger partial charge in [0.05, 0.1) is 21.1 Å². The summed E-state index contributed by atoms with van der Waals surface area (Å²) in [4.78, 5) is 73.3. The van der Waals surface area contributed by atoms with Crippen molar-refractivity contribution >= 4 is 97.4 Å². The second kappa shape index (κ2) is 19.3. The maximum absolute atomic E-state index is 14.6. The number of anilines is 2. The lowest BCUT2D eigenvalue weighted by atomic mass is 9.95. The van der Waals surface area contributed by atoms with Crippen LogP contribution in [0.2, 0.25) is 0 Å². The van der Waals surface area contributed by atoms with Gasteiger partial charge in [0.25, 0.3) is 11.8 Å². The molecule has 5 aromatic rings. The predicted octanol–water partition coefficient (Wildman–Crippen LogP) is 6.59. The Hall–Kier alpha value is -5.73. The van der Waals surface area contributed by atoms with Crippen molar-refractivity contribution in [2.24, 2.45) is 0 Å². The fourth-order valence-corrected chi connectivity index (χ4v) is 10.2. The molecule has 0 bridgehead atoms. The highest BCUT2D eigenvalue weighted by Crippen LogP contribution is 2.49. The summed E-state index contributed by atoms with van der Waals surface area (Å²) in [6, 6.07) is 20.8. The number of hydrogen-bond donors (Lipinski definition) is 4. The van der Waals surface area contributed by atoms with Crippen LogP contribution in [0.3, 0.4) is 0 Å². The molecule has 4 aromatic carbocycles. The average Bonchev–Trinajstić information content (AvgIpc) is 4.06. The van der Waals surface area contributed by atoms with E-state index in [0.717, 1.165) is 27.8 Å². The van der Waals surface area contributed by atoms with Gasteiger partial charge in [-0.05, 0) is 54.8 Å². The van der Waals surface area contributed by atoms with Crippen LogP contribution < -0.4 is 19.3 Å². The Morgan fingerprint density at radius 1 is 0.706 bits per heavy atom. The van der Waals surface area contributed by atoms with Gasteiger partial charge in [-0.2, -0.15) is 0 Å². The number of carbonyl (C=O) groups excluding carboxylic acids is 4. The van der Waals surface area contributed by atoms with Gasteiger partial charge in [-0.3, -0.25) is 9.59 Å². The number of carbonyl (C=O) groups is 5. The van der Waals surface area contributed by atoms with Gasteiger partial charge in [-0.1, -0.05) is 48.5 Å². The lowest BCUT2D eigenvalue weighted by molar-refractivity contribution is -0.270. The van der Waals surface area contributed by atoms with Gasteiger partial charge >= 0.3 is 18.2 Å². The van der Waals surface area contributed by atoms with Gasteiger partial charge in [0.1, 0.15) is 35.4 Å². The normalized spacial score (nSPS) is 22.2. The van der Waals surface area contributed by atoms with Crippen molar-refractivity contribution in [3.05, 3.63) is 93.7 Å². The molecule has 1 aromatic heterocycles. The molecule has 0 spiro atoms. The second-order valence-electron chi connectivity index (χ2n) is 17.9. The van der Waals surface area contributed by atoms with Gasteiger partial charge in [0.15, 0.2) is 6.10 Å². The number of likely N-dealkylation sites (N-methyl/N-ethyl adjacent to an activating group) is 2. The van der Waals surface area contributed by atoms with Gasteiger partial charge in [0.2, 0.25) is 6.29 Å². The highest BCUT2D eigenvalue weighted by Gasteiger charge is 2.48. The number of carboxylic acids is 1. The Bertz CT molecular complexity index is 2800. The Labute approximate surface area is 404 Å². The van der Waals surface area contributed by atoms with E-state index in [1.54, 1.807) is 82.2 Å². The molecule has 20 heteroatoms. The molecule has 1 unspecified atom stereocenters. The summed E-state index contributed by atoms with van der Waals surface area (Å²) in [7, 11) is 3.13. The van der Waals surface area contributed by atoms with Crippen molar-refractivity contribution in [2.75, 3.05) is 61.8 Å². The van der Waals surface area contributed by atoms with E-state index >= 15 is 0 Å². The second-order valence-corrected chi connectivity index (χ2v) is 19.6.